The second-order valence-corrected chi connectivity index (χ2v) is 10.6. The minimum absolute atomic E-state index is 0.0170. The molecule has 4 aromatic rings. The van der Waals surface area contributed by atoms with Crippen molar-refractivity contribution in [3.05, 3.63) is 109 Å². The fourth-order valence-corrected chi connectivity index (χ4v) is 5.85. The zero-order valence-electron chi connectivity index (χ0n) is 24.3. The average Bonchev–Trinajstić information content (AvgIpc) is 3.32. The lowest BCUT2D eigenvalue weighted by atomic mass is 9.96. The number of carbonyl (C=O) groups is 1. The number of allylic oxidation sites excluding steroid dienone is 1. The van der Waals surface area contributed by atoms with E-state index in [1.165, 1.54) is 22.0 Å². The van der Waals surface area contributed by atoms with Crippen LogP contribution in [0.25, 0.3) is 11.8 Å². The summed E-state index contributed by atoms with van der Waals surface area (Å²) in [5, 5.41) is 10.2. The number of fused-ring (bicyclic) bond motifs is 1. The minimum Gasteiger partial charge on any atom is -0.504 e. The Bertz CT molecular complexity index is 1860. The highest BCUT2D eigenvalue weighted by atomic mass is 32.1. The summed E-state index contributed by atoms with van der Waals surface area (Å²) in [6.07, 6.45) is 1.76. The summed E-state index contributed by atoms with van der Waals surface area (Å²) in [4.78, 5) is 32.1. The van der Waals surface area contributed by atoms with E-state index in [4.69, 9.17) is 23.9 Å². The Morgan fingerprint density at radius 3 is 2.51 bits per heavy atom. The fourth-order valence-electron chi connectivity index (χ4n) is 4.81. The van der Waals surface area contributed by atoms with Gasteiger partial charge < -0.3 is 24.1 Å². The quantitative estimate of drug-likeness (QED) is 0.265. The number of hydrogen-bond donors (Lipinski definition) is 1. The van der Waals surface area contributed by atoms with Gasteiger partial charge in [0.1, 0.15) is 12.6 Å². The van der Waals surface area contributed by atoms with E-state index in [2.05, 4.69) is 0 Å². The Labute approximate surface area is 252 Å². The molecule has 1 atom stereocenters. The number of aromatic nitrogens is 1. The van der Waals surface area contributed by atoms with Gasteiger partial charge in [-0.25, -0.2) is 9.79 Å². The summed E-state index contributed by atoms with van der Waals surface area (Å²) < 4.78 is 24.3. The smallest absolute Gasteiger partial charge is 0.338 e. The first-order valence-corrected chi connectivity index (χ1v) is 14.7. The molecule has 1 aliphatic heterocycles. The number of hydrogen-bond acceptors (Lipinski definition) is 9. The van der Waals surface area contributed by atoms with Crippen molar-refractivity contribution >= 4 is 29.1 Å². The Kier molecular flexibility index (Phi) is 8.96. The topological polar surface area (TPSA) is 109 Å². The molecule has 0 saturated heterocycles. The van der Waals surface area contributed by atoms with Crippen LogP contribution in [0.15, 0.2) is 82.1 Å². The number of rotatable bonds is 10. The van der Waals surface area contributed by atoms with Gasteiger partial charge in [0.05, 0.1) is 30.4 Å². The molecule has 10 heteroatoms. The van der Waals surface area contributed by atoms with Gasteiger partial charge in [0, 0.05) is 5.70 Å². The molecule has 43 heavy (non-hydrogen) atoms. The van der Waals surface area contributed by atoms with E-state index in [-0.39, 0.29) is 29.2 Å². The van der Waals surface area contributed by atoms with Crippen molar-refractivity contribution in [2.75, 3.05) is 20.3 Å². The minimum atomic E-state index is -0.758. The standard InChI is InChI=1S/C33H32N2O7S/c1-5-40-26-18-23(13-14-24(26)36)30-29(32(38)41-6-2)20(3)35-31(37)28(43-33(35)34-30)17-22-12-15-25(27(16-22)39-4)42-19-21-10-8-7-9-11-21/h7-18,30,36H,5-6,19H2,1-4H3/b28-17-/t30-/m0/s1. The van der Waals surface area contributed by atoms with Crippen LogP contribution in [0.3, 0.4) is 0 Å². The molecule has 0 spiro atoms. The van der Waals surface area contributed by atoms with Crippen LogP contribution in [0.1, 0.15) is 43.5 Å². The Morgan fingerprint density at radius 2 is 1.79 bits per heavy atom. The van der Waals surface area contributed by atoms with Crippen LogP contribution >= 0.6 is 11.3 Å². The van der Waals surface area contributed by atoms with Crippen LogP contribution in [0, 0.1) is 0 Å². The molecule has 0 aliphatic carbocycles. The van der Waals surface area contributed by atoms with Crippen molar-refractivity contribution in [1.29, 1.82) is 0 Å². The lowest BCUT2D eigenvalue weighted by molar-refractivity contribution is -0.138. The molecular formula is C33H32N2O7S. The number of nitrogens with zero attached hydrogens (tertiary/aromatic N) is 2. The van der Waals surface area contributed by atoms with Crippen molar-refractivity contribution in [3.8, 4) is 23.0 Å². The number of phenolic OH excluding ortho intramolecular Hbond substituents is 1. The summed E-state index contributed by atoms with van der Waals surface area (Å²) in [7, 11) is 1.57. The maximum Gasteiger partial charge on any atom is 0.338 e. The molecule has 3 aromatic carbocycles. The van der Waals surface area contributed by atoms with Gasteiger partial charge in [0.25, 0.3) is 5.56 Å². The molecular weight excluding hydrogens is 568 g/mol. The van der Waals surface area contributed by atoms with Crippen LogP contribution in [-0.4, -0.2) is 36.0 Å². The zero-order valence-corrected chi connectivity index (χ0v) is 25.1. The van der Waals surface area contributed by atoms with E-state index in [0.29, 0.717) is 45.3 Å². The molecule has 1 aliphatic rings. The Balaban J connectivity index is 1.56. The van der Waals surface area contributed by atoms with Gasteiger partial charge >= 0.3 is 5.97 Å². The first kappa shape index (κ1) is 29.7. The highest BCUT2D eigenvalue weighted by Gasteiger charge is 2.32. The summed E-state index contributed by atoms with van der Waals surface area (Å²) in [6, 6.07) is 19.4. The predicted molar refractivity (Wildman–Crippen MR) is 164 cm³/mol. The maximum absolute atomic E-state index is 13.6. The lowest BCUT2D eigenvalue weighted by Crippen LogP contribution is -2.35. The number of benzene rings is 3. The number of esters is 1. The highest BCUT2D eigenvalue weighted by Crippen LogP contribution is 2.37. The van der Waals surface area contributed by atoms with E-state index < -0.39 is 12.0 Å². The number of carbonyl (C=O) groups excluding carboxylic acids is 1. The molecule has 0 unspecified atom stereocenters. The third-order valence-electron chi connectivity index (χ3n) is 6.86. The van der Waals surface area contributed by atoms with E-state index in [9.17, 15) is 14.7 Å². The molecule has 0 fully saturated rings. The average molecular weight is 601 g/mol. The highest BCUT2D eigenvalue weighted by molar-refractivity contribution is 7.07. The molecule has 222 valence electrons. The van der Waals surface area contributed by atoms with Gasteiger partial charge in [-0.05, 0) is 67.8 Å². The first-order chi connectivity index (χ1) is 20.8. The number of ether oxygens (including phenoxy) is 4. The van der Waals surface area contributed by atoms with Crippen molar-refractivity contribution in [2.45, 2.75) is 33.4 Å². The SMILES string of the molecule is CCOC(=O)C1=C(C)n2c(s/c(=C\c3ccc(OCc4ccccc4)c(OC)c3)c2=O)=N[C@H]1c1ccc(O)c(OCC)c1. The fraction of sp³-hybridized carbons (Fsp3) is 0.242. The number of aromatic hydroxyl groups is 1. The van der Waals surface area contributed by atoms with Gasteiger partial charge in [-0.3, -0.25) is 9.36 Å². The molecule has 2 heterocycles. The zero-order chi connectivity index (χ0) is 30.5. The van der Waals surface area contributed by atoms with Crippen molar-refractivity contribution < 1.29 is 28.8 Å². The maximum atomic E-state index is 13.6. The van der Waals surface area contributed by atoms with E-state index in [1.54, 1.807) is 39.2 Å². The van der Waals surface area contributed by atoms with Crippen molar-refractivity contribution in [3.63, 3.8) is 0 Å². The second kappa shape index (κ2) is 13.0. The van der Waals surface area contributed by atoms with Gasteiger partial charge in [-0.15, -0.1) is 0 Å². The molecule has 0 radical (unpaired) electrons. The molecule has 0 amide bonds. The number of phenols is 1. The Hall–Kier alpha value is -4.83. The van der Waals surface area contributed by atoms with Gasteiger partial charge in [-0.2, -0.15) is 0 Å². The van der Waals surface area contributed by atoms with Crippen LogP contribution in [-0.2, 0) is 16.1 Å². The molecule has 1 N–H and O–H groups in total. The normalized spacial score (nSPS) is 14.6. The van der Waals surface area contributed by atoms with Gasteiger partial charge in [-0.1, -0.05) is 53.8 Å². The van der Waals surface area contributed by atoms with Crippen LogP contribution < -0.4 is 29.1 Å². The first-order valence-electron chi connectivity index (χ1n) is 13.8. The molecule has 0 bridgehead atoms. The van der Waals surface area contributed by atoms with Crippen LogP contribution in [0.2, 0.25) is 0 Å². The molecule has 0 saturated carbocycles. The predicted octanol–water partition coefficient (Wildman–Crippen LogP) is 4.60. The van der Waals surface area contributed by atoms with Crippen LogP contribution in [0.4, 0.5) is 0 Å². The molecule has 1 aromatic heterocycles. The summed E-state index contributed by atoms with van der Waals surface area (Å²) in [5.74, 6) is 0.821. The summed E-state index contributed by atoms with van der Waals surface area (Å²) >= 11 is 1.22. The largest absolute Gasteiger partial charge is 0.504 e. The number of methoxy groups -OCH3 is 1. The Morgan fingerprint density at radius 1 is 1.00 bits per heavy atom. The van der Waals surface area contributed by atoms with Crippen molar-refractivity contribution in [2.24, 2.45) is 4.99 Å². The third-order valence-corrected chi connectivity index (χ3v) is 7.84. The summed E-state index contributed by atoms with van der Waals surface area (Å²) in [6.45, 7) is 6.16. The monoisotopic (exact) mass is 600 g/mol. The number of thiazole rings is 1. The lowest BCUT2D eigenvalue weighted by Gasteiger charge is -2.22. The van der Waals surface area contributed by atoms with E-state index in [0.717, 1.165) is 11.1 Å². The van der Waals surface area contributed by atoms with E-state index >= 15 is 0 Å². The summed E-state index contributed by atoms with van der Waals surface area (Å²) in [5.41, 5.74) is 2.77. The van der Waals surface area contributed by atoms with Crippen LogP contribution in [0.5, 0.6) is 23.0 Å². The van der Waals surface area contributed by atoms with Crippen molar-refractivity contribution in [1.82, 2.24) is 4.57 Å². The van der Waals surface area contributed by atoms with Gasteiger partial charge in [0.15, 0.2) is 27.8 Å². The second-order valence-electron chi connectivity index (χ2n) is 9.63. The molecule has 9 nitrogen and oxygen atoms in total. The third kappa shape index (κ3) is 6.19. The molecule has 5 rings (SSSR count). The van der Waals surface area contributed by atoms with Gasteiger partial charge in [0.2, 0.25) is 0 Å². The van der Waals surface area contributed by atoms with E-state index in [1.807, 2.05) is 55.5 Å².